The highest BCUT2D eigenvalue weighted by atomic mass is 32.2. The van der Waals surface area contributed by atoms with Crippen molar-refractivity contribution in [1.82, 2.24) is 19.4 Å². The number of aryl methyl sites for hydroxylation is 1. The summed E-state index contributed by atoms with van der Waals surface area (Å²) < 4.78 is 32.4. The van der Waals surface area contributed by atoms with Crippen molar-refractivity contribution in [2.75, 3.05) is 39.1 Å². The second-order valence-corrected chi connectivity index (χ2v) is 8.09. The molecule has 0 aliphatic carbocycles. The van der Waals surface area contributed by atoms with Crippen molar-refractivity contribution in [3.63, 3.8) is 0 Å². The summed E-state index contributed by atoms with van der Waals surface area (Å²) in [6.45, 7) is 2.40. The van der Waals surface area contributed by atoms with Gasteiger partial charge in [0.15, 0.2) is 0 Å². The monoisotopic (exact) mass is 328 g/mol. The van der Waals surface area contributed by atoms with E-state index in [2.05, 4.69) is 9.82 Å². The van der Waals surface area contributed by atoms with Gasteiger partial charge in [0.05, 0.1) is 31.2 Å². The lowest BCUT2D eigenvalue weighted by Gasteiger charge is -2.26. The first-order chi connectivity index (χ1) is 10.3. The average Bonchev–Trinajstić information content (AvgIpc) is 3.08. The van der Waals surface area contributed by atoms with Crippen molar-refractivity contribution < 1.29 is 17.9 Å². The molecule has 1 N–H and O–H groups in total. The quantitative estimate of drug-likeness (QED) is 0.770. The molecule has 1 amide bonds. The maximum atomic E-state index is 12.5. The Labute approximate surface area is 129 Å². The first-order valence-corrected chi connectivity index (χ1v) is 8.99. The van der Waals surface area contributed by atoms with E-state index in [1.165, 1.54) is 0 Å². The van der Waals surface area contributed by atoms with Crippen LogP contribution in [0.25, 0.3) is 0 Å². The van der Waals surface area contributed by atoms with Gasteiger partial charge in [-0.05, 0) is 0 Å². The molecule has 122 valence electrons. The minimum Gasteiger partial charge on any atom is -0.380 e. The minimum absolute atomic E-state index is 0.0683. The van der Waals surface area contributed by atoms with E-state index in [4.69, 9.17) is 4.74 Å². The Bertz CT molecular complexity index is 686. The molecule has 2 saturated heterocycles. The number of amides is 1. The van der Waals surface area contributed by atoms with Crippen LogP contribution in [0.4, 0.5) is 0 Å². The van der Waals surface area contributed by atoms with E-state index in [1.807, 2.05) is 0 Å². The molecule has 9 heteroatoms. The van der Waals surface area contributed by atoms with Crippen LogP contribution in [0.3, 0.4) is 0 Å². The van der Waals surface area contributed by atoms with E-state index in [-0.39, 0.29) is 17.2 Å². The number of nitrogens with zero attached hydrogens (tertiary/aromatic N) is 3. The van der Waals surface area contributed by atoms with Gasteiger partial charge >= 0.3 is 0 Å². The third-order valence-electron chi connectivity index (χ3n) is 4.45. The number of carbonyl (C=O) groups is 1. The zero-order valence-corrected chi connectivity index (χ0v) is 13.5. The number of aromatic nitrogens is 2. The summed E-state index contributed by atoms with van der Waals surface area (Å²) in [7, 11) is -1.50. The van der Waals surface area contributed by atoms with Crippen LogP contribution in [0.2, 0.25) is 0 Å². The number of sulfonamides is 1. The van der Waals surface area contributed by atoms with Gasteiger partial charge in [0, 0.05) is 44.2 Å². The molecule has 2 aliphatic rings. The van der Waals surface area contributed by atoms with E-state index < -0.39 is 10.0 Å². The van der Waals surface area contributed by atoms with E-state index >= 15 is 0 Å². The lowest BCUT2D eigenvalue weighted by Crippen LogP contribution is -2.43. The Hall–Kier alpha value is -1.45. The Morgan fingerprint density at radius 3 is 3.00 bits per heavy atom. The van der Waals surface area contributed by atoms with Gasteiger partial charge in [-0.25, -0.2) is 13.1 Å². The maximum absolute atomic E-state index is 12.5. The van der Waals surface area contributed by atoms with E-state index in [9.17, 15) is 13.2 Å². The summed E-state index contributed by atoms with van der Waals surface area (Å²) >= 11 is 0. The molecule has 3 heterocycles. The van der Waals surface area contributed by atoms with Crippen molar-refractivity contribution in [3.05, 3.63) is 18.0 Å². The predicted molar refractivity (Wildman–Crippen MR) is 78.7 cm³/mol. The largest absolute Gasteiger partial charge is 0.380 e. The smallest absolute Gasteiger partial charge is 0.257 e. The lowest BCUT2D eigenvalue weighted by atomic mass is 9.81. The van der Waals surface area contributed by atoms with Gasteiger partial charge < -0.3 is 9.64 Å². The van der Waals surface area contributed by atoms with Crippen LogP contribution in [0.15, 0.2) is 12.4 Å². The summed E-state index contributed by atoms with van der Waals surface area (Å²) in [6.07, 6.45) is 4.38. The number of fused-ring (bicyclic) bond motifs is 1. The average molecular weight is 328 g/mol. The van der Waals surface area contributed by atoms with Crippen molar-refractivity contribution in [3.8, 4) is 0 Å². The number of carbonyl (C=O) groups excluding carboxylic acids is 1. The Balaban J connectivity index is 1.74. The number of likely N-dealkylation sites (tertiary alicyclic amines) is 1. The van der Waals surface area contributed by atoms with Gasteiger partial charge in [-0.2, -0.15) is 5.10 Å². The SMILES string of the molecule is Cn1cc(C(=O)N2C[C@@H]3COC[C@@]3(CNS(C)(=O)=O)C2)cn1. The number of ether oxygens (including phenoxy) is 1. The molecule has 2 atom stereocenters. The first kappa shape index (κ1) is 15.4. The van der Waals surface area contributed by atoms with Gasteiger partial charge in [0.1, 0.15) is 0 Å². The van der Waals surface area contributed by atoms with Gasteiger partial charge in [0.25, 0.3) is 5.91 Å². The zero-order chi connectivity index (χ0) is 16.0. The molecular weight excluding hydrogens is 308 g/mol. The standard InChI is InChI=1S/C13H20N4O4S/c1-16-4-10(3-14-16)12(18)17-5-11-6-21-9-13(11,8-17)7-15-22(2,19)20/h3-4,11,15H,5-9H2,1-2H3/t11-,13-/m1/s1. The van der Waals surface area contributed by atoms with Crippen LogP contribution in [0.1, 0.15) is 10.4 Å². The summed E-state index contributed by atoms with van der Waals surface area (Å²) in [4.78, 5) is 14.3. The molecule has 0 aromatic carbocycles. The molecular formula is C13H20N4O4S. The molecule has 1 aromatic heterocycles. The van der Waals surface area contributed by atoms with Crippen LogP contribution >= 0.6 is 0 Å². The molecule has 0 bridgehead atoms. The number of hydrogen-bond donors (Lipinski definition) is 1. The summed E-state index contributed by atoms with van der Waals surface area (Å²) in [6, 6.07) is 0. The fourth-order valence-corrected chi connectivity index (χ4v) is 3.78. The summed E-state index contributed by atoms with van der Waals surface area (Å²) in [5, 5.41) is 4.02. The fraction of sp³-hybridized carbons (Fsp3) is 0.692. The Kier molecular flexibility index (Phi) is 3.74. The molecule has 0 saturated carbocycles. The molecule has 2 fully saturated rings. The first-order valence-electron chi connectivity index (χ1n) is 7.09. The van der Waals surface area contributed by atoms with Crippen LogP contribution in [0, 0.1) is 11.3 Å². The van der Waals surface area contributed by atoms with E-state index in [0.717, 1.165) is 6.26 Å². The highest BCUT2D eigenvalue weighted by molar-refractivity contribution is 7.88. The van der Waals surface area contributed by atoms with Crippen LogP contribution in [0.5, 0.6) is 0 Å². The predicted octanol–water partition coefficient (Wildman–Crippen LogP) is -0.942. The number of hydrogen-bond acceptors (Lipinski definition) is 5. The second-order valence-electron chi connectivity index (χ2n) is 6.26. The normalized spacial score (nSPS) is 28.1. The third kappa shape index (κ3) is 2.88. The van der Waals surface area contributed by atoms with Gasteiger partial charge in [-0.1, -0.05) is 0 Å². The summed E-state index contributed by atoms with van der Waals surface area (Å²) in [5.74, 6) is 0.0867. The van der Waals surface area contributed by atoms with E-state index in [0.29, 0.717) is 38.4 Å². The van der Waals surface area contributed by atoms with Crippen molar-refractivity contribution in [2.24, 2.45) is 18.4 Å². The zero-order valence-electron chi connectivity index (χ0n) is 12.7. The van der Waals surface area contributed by atoms with E-state index in [1.54, 1.807) is 29.0 Å². The lowest BCUT2D eigenvalue weighted by molar-refractivity contribution is 0.0721. The molecule has 1 aromatic rings. The highest BCUT2D eigenvalue weighted by Gasteiger charge is 2.52. The van der Waals surface area contributed by atoms with Crippen molar-refractivity contribution in [1.29, 1.82) is 0 Å². The molecule has 2 aliphatic heterocycles. The number of rotatable bonds is 4. The third-order valence-corrected chi connectivity index (χ3v) is 5.12. The van der Waals surface area contributed by atoms with Gasteiger partial charge in [0.2, 0.25) is 10.0 Å². The topological polar surface area (TPSA) is 93.5 Å². The highest BCUT2D eigenvalue weighted by Crippen LogP contribution is 2.41. The maximum Gasteiger partial charge on any atom is 0.257 e. The Morgan fingerprint density at radius 1 is 1.59 bits per heavy atom. The van der Waals surface area contributed by atoms with Crippen molar-refractivity contribution in [2.45, 2.75) is 0 Å². The molecule has 0 spiro atoms. The Morgan fingerprint density at radius 2 is 2.36 bits per heavy atom. The summed E-state index contributed by atoms with van der Waals surface area (Å²) in [5.41, 5.74) is 0.218. The number of nitrogens with one attached hydrogen (secondary N) is 1. The second kappa shape index (κ2) is 5.32. The van der Waals surface area contributed by atoms with Crippen molar-refractivity contribution >= 4 is 15.9 Å². The molecule has 22 heavy (non-hydrogen) atoms. The van der Waals surface area contributed by atoms with Crippen LogP contribution in [-0.2, 0) is 21.8 Å². The molecule has 0 radical (unpaired) electrons. The fourth-order valence-electron chi connectivity index (χ4n) is 3.23. The minimum atomic E-state index is -3.26. The van der Waals surface area contributed by atoms with Crippen LogP contribution < -0.4 is 4.72 Å². The van der Waals surface area contributed by atoms with Crippen LogP contribution in [-0.4, -0.2) is 68.1 Å². The van der Waals surface area contributed by atoms with Gasteiger partial charge in [-0.3, -0.25) is 9.48 Å². The molecule has 0 unspecified atom stereocenters. The molecule has 3 rings (SSSR count). The molecule has 8 nitrogen and oxygen atoms in total. The van der Waals surface area contributed by atoms with Gasteiger partial charge in [-0.15, -0.1) is 0 Å².